The molecule has 0 radical (unpaired) electrons. The fourth-order valence-electron chi connectivity index (χ4n) is 5.89. The Kier molecular flexibility index (Phi) is 16.4. The number of esters is 1. The quantitative estimate of drug-likeness (QED) is 0.0596. The average molecular weight is 703 g/mol. The second-order valence-electron chi connectivity index (χ2n) is 12.8. The number of allylic oxidation sites excluding steroid dienone is 2. The van der Waals surface area contributed by atoms with Crippen molar-refractivity contribution in [3.05, 3.63) is 163 Å². The number of nitrogens with one attached hydrogen (secondary N) is 2. The molecular formula is C44H50N2O6. The lowest BCUT2D eigenvalue weighted by molar-refractivity contribution is -0.155. The number of carbonyl (C=O) groups excluding carboxylic acids is 3. The molecule has 0 unspecified atom stereocenters. The van der Waals surface area contributed by atoms with Crippen LogP contribution in [0.25, 0.3) is 0 Å². The second-order valence-corrected chi connectivity index (χ2v) is 12.8. The minimum Gasteiger partial charge on any atom is -0.489 e. The Morgan fingerprint density at radius 1 is 0.731 bits per heavy atom. The SMILES string of the molecule is C=CCC[C@H](Cc1ccccc1)C(=O)O[C@H](CNC(=O)[C@@H](CC=C)CC(=O)N[C@H](CO)Cc1ccc(OCc2ccccc2)cc1)c1ccccc1. The molecule has 4 aromatic carbocycles. The maximum Gasteiger partial charge on any atom is 0.309 e. The fraction of sp³-hybridized carbons (Fsp3) is 0.295. The van der Waals surface area contributed by atoms with Crippen LogP contribution in [0.15, 0.2) is 141 Å². The van der Waals surface area contributed by atoms with Crippen molar-refractivity contribution in [2.75, 3.05) is 13.2 Å². The van der Waals surface area contributed by atoms with Gasteiger partial charge in [0.15, 0.2) is 0 Å². The third-order valence-corrected chi connectivity index (χ3v) is 8.76. The van der Waals surface area contributed by atoms with Crippen LogP contribution >= 0.6 is 0 Å². The van der Waals surface area contributed by atoms with Crippen molar-refractivity contribution < 1.29 is 29.0 Å². The summed E-state index contributed by atoms with van der Waals surface area (Å²) in [5.41, 5.74) is 3.77. The van der Waals surface area contributed by atoms with E-state index in [9.17, 15) is 19.5 Å². The number of hydrogen-bond acceptors (Lipinski definition) is 6. The highest BCUT2D eigenvalue weighted by atomic mass is 16.5. The summed E-state index contributed by atoms with van der Waals surface area (Å²) in [5.74, 6) is -1.43. The Morgan fingerprint density at radius 2 is 1.35 bits per heavy atom. The van der Waals surface area contributed by atoms with Crippen molar-refractivity contribution >= 4 is 17.8 Å². The van der Waals surface area contributed by atoms with Crippen molar-refractivity contribution in [3.63, 3.8) is 0 Å². The summed E-state index contributed by atoms with van der Waals surface area (Å²) >= 11 is 0. The van der Waals surface area contributed by atoms with E-state index in [0.29, 0.717) is 32.3 Å². The van der Waals surface area contributed by atoms with E-state index in [4.69, 9.17) is 9.47 Å². The van der Waals surface area contributed by atoms with Gasteiger partial charge in [-0.2, -0.15) is 0 Å². The van der Waals surface area contributed by atoms with E-state index in [1.807, 2.05) is 115 Å². The Morgan fingerprint density at radius 3 is 1.96 bits per heavy atom. The number of amides is 2. The van der Waals surface area contributed by atoms with Gasteiger partial charge >= 0.3 is 5.97 Å². The van der Waals surface area contributed by atoms with Crippen LogP contribution in [-0.4, -0.2) is 42.1 Å². The molecule has 0 saturated heterocycles. The monoisotopic (exact) mass is 702 g/mol. The molecule has 0 aliphatic carbocycles. The third-order valence-electron chi connectivity index (χ3n) is 8.76. The minimum absolute atomic E-state index is 0.0354. The van der Waals surface area contributed by atoms with E-state index in [2.05, 4.69) is 23.8 Å². The van der Waals surface area contributed by atoms with Gasteiger partial charge < -0.3 is 25.2 Å². The van der Waals surface area contributed by atoms with E-state index in [1.165, 1.54) is 0 Å². The normalized spacial score (nSPS) is 13.1. The molecule has 52 heavy (non-hydrogen) atoms. The molecule has 0 bridgehead atoms. The molecule has 2 amide bonds. The summed E-state index contributed by atoms with van der Waals surface area (Å²) in [4.78, 5) is 40.2. The van der Waals surface area contributed by atoms with Gasteiger partial charge in [-0.25, -0.2) is 0 Å². The van der Waals surface area contributed by atoms with Gasteiger partial charge in [0.05, 0.1) is 31.0 Å². The van der Waals surface area contributed by atoms with Gasteiger partial charge in [0, 0.05) is 6.42 Å². The lowest BCUT2D eigenvalue weighted by Gasteiger charge is -2.24. The summed E-state index contributed by atoms with van der Waals surface area (Å²) in [6.45, 7) is 7.82. The van der Waals surface area contributed by atoms with Crippen LogP contribution in [0.3, 0.4) is 0 Å². The molecule has 4 atom stereocenters. The summed E-state index contributed by atoms with van der Waals surface area (Å²) in [5, 5.41) is 15.9. The van der Waals surface area contributed by atoms with Gasteiger partial charge in [-0.1, -0.05) is 115 Å². The summed E-state index contributed by atoms with van der Waals surface area (Å²) < 4.78 is 11.9. The maximum absolute atomic E-state index is 13.6. The molecule has 4 rings (SSSR count). The van der Waals surface area contributed by atoms with E-state index in [0.717, 1.165) is 28.0 Å². The van der Waals surface area contributed by atoms with E-state index in [-0.39, 0.29) is 49.7 Å². The number of hydrogen-bond donors (Lipinski definition) is 3. The van der Waals surface area contributed by atoms with Crippen molar-refractivity contribution in [3.8, 4) is 5.75 Å². The molecule has 0 heterocycles. The zero-order valence-corrected chi connectivity index (χ0v) is 29.7. The van der Waals surface area contributed by atoms with Gasteiger partial charge in [0.2, 0.25) is 11.8 Å². The smallest absolute Gasteiger partial charge is 0.309 e. The van der Waals surface area contributed by atoms with E-state index in [1.54, 1.807) is 12.2 Å². The first-order valence-corrected chi connectivity index (χ1v) is 17.8. The van der Waals surface area contributed by atoms with Crippen molar-refractivity contribution in [1.82, 2.24) is 10.6 Å². The zero-order valence-electron chi connectivity index (χ0n) is 29.7. The van der Waals surface area contributed by atoms with Crippen molar-refractivity contribution in [1.29, 1.82) is 0 Å². The first-order valence-electron chi connectivity index (χ1n) is 17.8. The summed E-state index contributed by atoms with van der Waals surface area (Å²) in [6.07, 6.45) is 5.02. The molecule has 0 aliphatic heterocycles. The molecule has 0 aliphatic rings. The van der Waals surface area contributed by atoms with Gasteiger partial charge in [0.25, 0.3) is 0 Å². The number of aliphatic hydroxyl groups excluding tert-OH is 1. The third kappa shape index (κ3) is 13.3. The van der Waals surface area contributed by atoms with Crippen LogP contribution < -0.4 is 15.4 Å². The van der Waals surface area contributed by atoms with Crippen molar-refractivity contribution in [2.24, 2.45) is 11.8 Å². The molecule has 0 saturated carbocycles. The minimum atomic E-state index is -0.730. The molecule has 8 nitrogen and oxygen atoms in total. The highest BCUT2D eigenvalue weighted by Crippen LogP contribution is 2.23. The number of carbonyl (C=O) groups is 3. The molecule has 4 aromatic rings. The lowest BCUT2D eigenvalue weighted by atomic mass is 9.94. The van der Waals surface area contributed by atoms with Crippen LogP contribution in [-0.2, 0) is 38.6 Å². The fourth-order valence-corrected chi connectivity index (χ4v) is 5.89. The molecule has 272 valence electrons. The Bertz CT molecular complexity index is 1680. The van der Waals surface area contributed by atoms with Crippen LogP contribution in [0, 0.1) is 11.8 Å². The summed E-state index contributed by atoms with van der Waals surface area (Å²) in [7, 11) is 0. The Balaban J connectivity index is 1.33. The molecule has 0 aromatic heterocycles. The molecular weight excluding hydrogens is 652 g/mol. The van der Waals surface area contributed by atoms with Crippen LogP contribution in [0.1, 0.15) is 54.0 Å². The number of benzene rings is 4. The van der Waals surface area contributed by atoms with Gasteiger partial charge in [-0.05, 0) is 66.5 Å². The number of rotatable bonds is 22. The van der Waals surface area contributed by atoms with Gasteiger partial charge in [-0.15, -0.1) is 13.2 Å². The molecule has 3 N–H and O–H groups in total. The largest absolute Gasteiger partial charge is 0.489 e. The molecule has 0 spiro atoms. The number of ether oxygens (including phenoxy) is 2. The first kappa shape index (κ1) is 39.3. The predicted molar refractivity (Wildman–Crippen MR) is 204 cm³/mol. The van der Waals surface area contributed by atoms with E-state index >= 15 is 0 Å². The summed E-state index contributed by atoms with van der Waals surface area (Å²) in [6, 6.07) is 36.0. The second kappa shape index (κ2) is 21.7. The Labute approximate surface area is 307 Å². The predicted octanol–water partition coefficient (Wildman–Crippen LogP) is 7.09. The highest BCUT2D eigenvalue weighted by molar-refractivity contribution is 5.86. The standard InChI is InChI=1S/C44H50N2O6/c1-3-5-20-38(27-33-16-9-6-10-17-33)44(50)52-41(36-21-13-8-14-22-36)30-45-43(49)37(15-4-2)29-42(48)46-39(31-47)28-34-23-25-40(26-24-34)51-32-35-18-11-7-12-19-35/h3-4,6-14,16-19,21-26,37-39,41,47H,1-2,5,15,20,27-32H2,(H,45,49)(H,46,48)/t37-,38+,39-,41+/m0/s1. The average Bonchev–Trinajstić information content (AvgIpc) is 3.18. The first-order chi connectivity index (χ1) is 25.4. The van der Waals surface area contributed by atoms with Crippen LogP contribution in [0.5, 0.6) is 5.75 Å². The van der Waals surface area contributed by atoms with Crippen LogP contribution in [0.2, 0.25) is 0 Å². The highest BCUT2D eigenvalue weighted by Gasteiger charge is 2.27. The topological polar surface area (TPSA) is 114 Å². The van der Waals surface area contributed by atoms with Gasteiger partial charge in [-0.3, -0.25) is 14.4 Å². The zero-order chi connectivity index (χ0) is 37.0. The Hall–Kier alpha value is -5.47. The number of aliphatic hydroxyl groups is 1. The lowest BCUT2D eigenvalue weighted by Crippen LogP contribution is -2.42. The molecule has 8 heteroatoms. The maximum atomic E-state index is 13.6. The molecule has 0 fully saturated rings. The van der Waals surface area contributed by atoms with Crippen LogP contribution in [0.4, 0.5) is 0 Å². The van der Waals surface area contributed by atoms with Gasteiger partial charge in [0.1, 0.15) is 18.5 Å². The van der Waals surface area contributed by atoms with Crippen molar-refractivity contribution in [2.45, 2.75) is 57.3 Å². The van der Waals surface area contributed by atoms with E-state index < -0.39 is 18.1 Å².